The minimum absolute atomic E-state index is 0.988. The van der Waals surface area contributed by atoms with Crippen molar-refractivity contribution in [3.05, 3.63) is 33.8 Å². The fraction of sp³-hybridized carbons (Fsp3) is 0.200. The first kappa shape index (κ1) is 9.64. The van der Waals surface area contributed by atoms with Crippen LogP contribution in [0.5, 0.6) is 0 Å². The Morgan fingerprint density at radius 1 is 1.43 bits per heavy atom. The summed E-state index contributed by atoms with van der Waals surface area (Å²) in [6, 6.07) is 4.04. The molecule has 0 saturated heterocycles. The Kier molecular flexibility index (Phi) is 2.54. The lowest BCUT2D eigenvalue weighted by molar-refractivity contribution is 0.740. The summed E-state index contributed by atoms with van der Waals surface area (Å²) < 4.78 is 3.05. The van der Waals surface area contributed by atoms with Crippen molar-refractivity contribution in [2.24, 2.45) is 7.05 Å². The van der Waals surface area contributed by atoms with Crippen LogP contribution in [0.25, 0.3) is 11.3 Å². The molecule has 0 N–H and O–H groups in total. The summed E-state index contributed by atoms with van der Waals surface area (Å²) in [6.07, 6.45) is 3.68. The molecule has 3 nitrogen and oxygen atoms in total. The molecule has 0 aliphatic carbocycles. The molecule has 0 unspecified atom stereocenters. The van der Waals surface area contributed by atoms with Gasteiger partial charge in [0.1, 0.15) is 0 Å². The van der Waals surface area contributed by atoms with Crippen LogP contribution in [-0.2, 0) is 7.05 Å². The Bertz CT molecular complexity index is 462. The van der Waals surface area contributed by atoms with E-state index in [1.54, 1.807) is 0 Å². The number of halogens is 1. The molecule has 72 valence electrons. The summed E-state index contributed by atoms with van der Waals surface area (Å²) >= 11 is 2.28. The Balaban J connectivity index is 2.55. The largest absolute Gasteiger partial charge is 0.272 e. The predicted octanol–water partition coefficient (Wildman–Crippen LogP) is 2.40. The lowest BCUT2D eigenvalue weighted by Crippen LogP contribution is -1.93. The molecule has 2 heterocycles. The highest BCUT2D eigenvalue weighted by molar-refractivity contribution is 14.1. The zero-order chi connectivity index (χ0) is 10.1. The van der Waals surface area contributed by atoms with Gasteiger partial charge in [0.05, 0.1) is 11.9 Å². The van der Waals surface area contributed by atoms with E-state index >= 15 is 0 Å². The minimum atomic E-state index is 0.988. The smallest absolute Gasteiger partial charge is 0.0746 e. The maximum Gasteiger partial charge on any atom is 0.0746 e. The van der Waals surface area contributed by atoms with Crippen LogP contribution >= 0.6 is 22.6 Å². The first-order valence-electron chi connectivity index (χ1n) is 4.29. The van der Waals surface area contributed by atoms with Crippen molar-refractivity contribution in [3.8, 4) is 11.3 Å². The van der Waals surface area contributed by atoms with Crippen LogP contribution in [-0.4, -0.2) is 14.8 Å². The molecule has 0 aromatic carbocycles. The monoisotopic (exact) mass is 299 g/mol. The highest BCUT2D eigenvalue weighted by Gasteiger charge is 2.07. The molecule has 2 aromatic rings. The number of pyridine rings is 1. The molecule has 0 spiro atoms. The van der Waals surface area contributed by atoms with Crippen LogP contribution in [0.4, 0.5) is 0 Å². The van der Waals surface area contributed by atoms with Gasteiger partial charge in [-0.1, -0.05) is 0 Å². The van der Waals surface area contributed by atoms with E-state index in [1.165, 1.54) is 3.57 Å². The Hall–Kier alpha value is -0.910. The van der Waals surface area contributed by atoms with E-state index in [1.807, 2.05) is 37.1 Å². The van der Waals surface area contributed by atoms with Gasteiger partial charge in [-0.2, -0.15) is 5.10 Å². The van der Waals surface area contributed by atoms with Crippen molar-refractivity contribution in [1.29, 1.82) is 0 Å². The third-order valence-corrected chi connectivity index (χ3v) is 2.90. The molecular weight excluding hydrogens is 289 g/mol. The molecular formula is C10H10IN3. The maximum atomic E-state index is 4.33. The standard InChI is InChI=1S/C10H10IN3/c1-7-9(6-13-14(7)2)10-5-8(11)3-4-12-10/h3-6H,1-2H3. The van der Waals surface area contributed by atoms with Crippen LogP contribution in [0.15, 0.2) is 24.5 Å². The van der Waals surface area contributed by atoms with Gasteiger partial charge in [0.15, 0.2) is 0 Å². The topological polar surface area (TPSA) is 30.7 Å². The van der Waals surface area contributed by atoms with Crippen LogP contribution in [0.2, 0.25) is 0 Å². The number of aryl methyl sites for hydroxylation is 1. The van der Waals surface area contributed by atoms with E-state index < -0.39 is 0 Å². The predicted molar refractivity (Wildman–Crippen MR) is 63.9 cm³/mol. The molecule has 2 rings (SSSR count). The van der Waals surface area contributed by atoms with Gasteiger partial charge in [0, 0.05) is 28.1 Å². The third kappa shape index (κ3) is 1.66. The molecule has 0 aliphatic heterocycles. The Morgan fingerprint density at radius 2 is 2.21 bits per heavy atom. The lowest BCUT2D eigenvalue weighted by atomic mass is 10.2. The summed E-state index contributed by atoms with van der Waals surface area (Å²) in [5.74, 6) is 0. The van der Waals surface area contributed by atoms with Gasteiger partial charge in [-0.3, -0.25) is 9.67 Å². The number of aromatic nitrogens is 3. The van der Waals surface area contributed by atoms with Crippen LogP contribution in [0.1, 0.15) is 5.69 Å². The summed E-state index contributed by atoms with van der Waals surface area (Å²) in [5.41, 5.74) is 3.23. The number of rotatable bonds is 1. The highest BCUT2D eigenvalue weighted by Crippen LogP contribution is 2.21. The van der Waals surface area contributed by atoms with E-state index in [4.69, 9.17) is 0 Å². The summed E-state index contributed by atoms with van der Waals surface area (Å²) in [4.78, 5) is 4.33. The third-order valence-electron chi connectivity index (χ3n) is 2.23. The van der Waals surface area contributed by atoms with Crippen molar-refractivity contribution in [1.82, 2.24) is 14.8 Å². The average molecular weight is 299 g/mol. The summed E-state index contributed by atoms with van der Waals surface area (Å²) in [6.45, 7) is 2.05. The number of nitrogens with zero attached hydrogens (tertiary/aromatic N) is 3. The lowest BCUT2D eigenvalue weighted by Gasteiger charge is -2.00. The second kappa shape index (κ2) is 3.68. The first-order valence-corrected chi connectivity index (χ1v) is 5.37. The Labute approximate surface area is 96.3 Å². The molecule has 0 bridgehead atoms. The van der Waals surface area contributed by atoms with E-state index in [-0.39, 0.29) is 0 Å². The molecule has 14 heavy (non-hydrogen) atoms. The average Bonchev–Trinajstić information content (AvgIpc) is 2.48. The van der Waals surface area contributed by atoms with Crippen LogP contribution in [0, 0.1) is 10.5 Å². The highest BCUT2D eigenvalue weighted by atomic mass is 127. The summed E-state index contributed by atoms with van der Waals surface area (Å²) in [7, 11) is 1.94. The molecule has 2 aromatic heterocycles. The second-order valence-corrected chi connectivity index (χ2v) is 4.37. The normalized spacial score (nSPS) is 10.5. The number of hydrogen-bond donors (Lipinski definition) is 0. The zero-order valence-corrected chi connectivity index (χ0v) is 10.2. The minimum Gasteiger partial charge on any atom is -0.272 e. The van der Waals surface area contributed by atoms with Crippen molar-refractivity contribution in [3.63, 3.8) is 0 Å². The van der Waals surface area contributed by atoms with Gasteiger partial charge in [0.2, 0.25) is 0 Å². The van der Waals surface area contributed by atoms with Crippen molar-refractivity contribution in [2.75, 3.05) is 0 Å². The number of hydrogen-bond acceptors (Lipinski definition) is 2. The summed E-state index contributed by atoms with van der Waals surface area (Å²) in [5, 5.41) is 4.20. The fourth-order valence-corrected chi connectivity index (χ4v) is 1.76. The van der Waals surface area contributed by atoms with Gasteiger partial charge in [-0.15, -0.1) is 0 Å². The van der Waals surface area contributed by atoms with Crippen molar-refractivity contribution in [2.45, 2.75) is 6.92 Å². The van der Waals surface area contributed by atoms with Gasteiger partial charge in [-0.05, 0) is 41.6 Å². The molecule has 0 radical (unpaired) electrons. The molecule has 0 amide bonds. The van der Waals surface area contributed by atoms with Crippen molar-refractivity contribution < 1.29 is 0 Å². The van der Waals surface area contributed by atoms with E-state index in [9.17, 15) is 0 Å². The second-order valence-electron chi connectivity index (χ2n) is 3.13. The molecule has 0 atom stereocenters. The Morgan fingerprint density at radius 3 is 2.79 bits per heavy atom. The van der Waals surface area contributed by atoms with Gasteiger partial charge in [-0.25, -0.2) is 0 Å². The SMILES string of the molecule is Cc1c(-c2cc(I)ccn2)cnn1C. The molecule has 0 fully saturated rings. The van der Waals surface area contributed by atoms with E-state index in [2.05, 4.69) is 38.7 Å². The molecule has 0 aliphatic rings. The fourth-order valence-electron chi connectivity index (χ4n) is 1.30. The quantitative estimate of drug-likeness (QED) is 0.757. The van der Waals surface area contributed by atoms with Crippen LogP contribution in [0.3, 0.4) is 0 Å². The van der Waals surface area contributed by atoms with Crippen LogP contribution < -0.4 is 0 Å². The molecule has 0 saturated carbocycles. The molecule has 4 heteroatoms. The van der Waals surface area contributed by atoms with E-state index in [0.29, 0.717) is 0 Å². The van der Waals surface area contributed by atoms with Crippen molar-refractivity contribution >= 4 is 22.6 Å². The maximum absolute atomic E-state index is 4.33. The zero-order valence-electron chi connectivity index (χ0n) is 8.03. The van der Waals surface area contributed by atoms with E-state index in [0.717, 1.165) is 17.0 Å². The van der Waals surface area contributed by atoms with Gasteiger partial charge < -0.3 is 0 Å². The van der Waals surface area contributed by atoms with Gasteiger partial charge >= 0.3 is 0 Å². The first-order chi connectivity index (χ1) is 6.68. The van der Waals surface area contributed by atoms with Gasteiger partial charge in [0.25, 0.3) is 0 Å².